The van der Waals surface area contributed by atoms with Gasteiger partial charge >= 0.3 is 0 Å². The van der Waals surface area contributed by atoms with Crippen LogP contribution in [-0.2, 0) is 21.7 Å². The molecule has 1 aliphatic heterocycles. The number of H-pyrrole nitrogens is 1. The van der Waals surface area contributed by atoms with E-state index in [4.69, 9.17) is 11.6 Å². The zero-order chi connectivity index (χ0) is 28.6. The number of aryl methyl sites for hydroxylation is 1. The lowest BCUT2D eigenvalue weighted by atomic mass is 9.97. The van der Waals surface area contributed by atoms with Crippen molar-refractivity contribution in [3.63, 3.8) is 0 Å². The van der Waals surface area contributed by atoms with E-state index < -0.39 is 22.0 Å². The van der Waals surface area contributed by atoms with Crippen LogP contribution in [0.2, 0.25) is 5.02 Å². The molecule has 0 aliphatic carbocycles. The number of fused-ring (bicyclic) bond motifs is 1. The van der Waals surface area contributed by atoms with Crippen LogP contribution in [-0.4, -0.2) is 59.5 Å². The number of nitrogens with zero attached hydrogens (tertiary/aromatic N) is 4. The van der Waals surface area contributed by atoms with Crippen molar-refractivity contribution in [1.82, 2.24) is 14.8 Å². The van der Waals surface area contributed by atoms with E-state index in [2.05, 4.69) is 15.2 Å². The molecule has 2 N–H and O–H groups in total. The molecular weight excluding hydrogens is 570 g/mol. The number of aromatic nitrogens is 3. The summed E-state index contributed by atoms with van der Waals surface area (Å²) in [5, 5.41) is 21.4. The Kier molecular flexibility index (Phi) is 8.19. The second kappa shape index (κ2) is 11.5. The topological polar surface area (TPSA) is 121 Å². The van der Waals surface area contributed by atoms with E-state index in [0.29, 0.717) is 34.2 Å². The molecule has 4 aromatic rings. The smallest absolute Gasteiger partial charge is 0.186 e. The van der Waals surface area contributed by atoms with Gasteiger partial charge in [-0.25, -0.2) is 8.42 Å². The monoisotopic (exact) mass is 601 g/mol. The van der Waals surface area contributed by atoms with Crippen molar-refractivity contribution in [1.29, 1.82) is 0 Å². The van der Waals surface area contributed by atoms with Crippen molar-refractivity contribution in [2.24, 2.45) is 12.0 Å². The van der Waals surface area contributed by atoms with Crippen LogP contribution in [0.15, 0.2) is 52.4 Å². The normalized spacial score (nSPS) is 17.5. The highest BCUT2D eigenvalue weighted by molar-refractivity contribution is 7.91. The Morgan fingerprint density at radius 3 is 2.70 bits per heavy atom. The number of aliphatic hydroxyl groups is 1. The van der Waals surface area contributed by atoms with Gasteiger partial charge in [0, 0.05) is 37.8 Å². The maximum atomic E-state index is 13.6. The highest BCUT2D eigenvalue weighted by Crippen LogP contribution is 2.36. The molecule has 40 heavy (non-hydrogen) atoms. The van der Waals surface area contributed by atoms with Crippen LogP contribution < -0.4 is 9.70 Å². The number of rotatable bonds is 8. The van der Waals surface area contributed by atoms with Crippen molar-refractivity contribution in [2.75, 3.05) is 24.2 Å². The number of thiazole rings is 1. The average molecular weight is 602 g/mol. The summed E-state index contributed by atoms with van der Waals surface area (Å²) in [6.07, 6.45) is 1.26. The number of hydrogen-bond donors (Lipinski definition) is 2. The summed E-state index contributed by atoms with van der Waals surface area (Å²) in [6, 6.07) is 11.5. The fourth-order valence-electron chi connectivity index (χ4n) is 5.29. The molecule has 0 saturated carbocycles. The first-order chi connectivity index (χ1) is 19.1. The molecule has 3 heterocycles. The second-order valence-electron chi connectivity index (χ2n) is 10.1. The Labute approximate surface area is 242 Å². The lowest BCUT2D eigenvalue weighted by molar-refractivity contribution is -0.120. The number of benzene rings is 2. The number of piperidine rings is 1. The molecule has 0 spiro atoms. The van der Waals surface area contributed by atoms with Gasteiger partial charge in [0.15, 0.2) is 20.4 Å². The predicted molar refractivity (Wildman–Crippen MR) is 158 cm³/mol. The summed E-state index contributed by atoms with van der Waals surface area (Å²) >= 11 is 7.47. The van der Waals surface area contributed by atoms with Gasteiger partial charge in [0.1, 0.15) is 11.1 Å². The third kappa shape index (κ3) is 5.60. The average Bonchev–Trinajstić information content (AvgIpc) is 3.53. The fraction of sp³-hybridized carbons (Fsp3) is 0.393. The van der Waals surface area contributed by atoms with Gasteiger partial charge in [0.05, 0.1) is 28.1 Å². The van der Waals surface area contributed by atoms with Crippen LogP contribution in [0.3, 0.4) is 0 Å². The lowest BCUT2D eigenvalue weighted by Gasteiger charge is -2.36. The Balaban J connectivity index is 1.40. The quantitative estimate of drug-likeness (QED) is 0.310. The summed E-state index contributed by atoms with van der Waals surface area (Å²) in [4.78, 5) is 20.9. The summed E-state index contributed by atoms with van der Waals surface area (Å²) in [5.74, 6) is -0.400. The van der Waals surface area contributed by atoms with Crippen molar-refractivity contribution in [3.8, 4) is 0 Å². The number of aromatic amines is 1. The maximum Gasteiger partial charge on any atom is 0.186 e. The first kappa shape index (κ1) is 28.5. The Bertz CT molecular complexity index is 1740. The largest absolute Gasteiger partial charge is 0.380 e. The molecule has 212 valence electrons. The van der Waals surface area contributed by atoms with Gasteiger partial charge in [0.2, 0.25) is 0 Å². The molecule has 0 amide bonds. The molecule has 0 bridgehead atoms. The molecule has 0 radical (unpaired) electrons. The molecular formula is C28H32ClN5O4S2. The lowest BCUT2D eigenvalue weighted by Crippen LogP contribution is -2.45. The van der Waals surface area contributed by atoms with Crippen molar-refractivity contribution in [3.05, 3.63) is 69.4 Å². The van der Waals surface area contributed by atoms with Crippen LogP contribution in [0.25, 0.3) is 10.8 Å². The van der Waals surface area contributed by atoms with Gasteiger partial charge in [-0.1, -0.05) is 35.1 Å². The standard InChI is InChI=1S/C28H32ClN5O4S2/c1-17-14-22(32-31-17)26(36)25-27(39-28(30-2)33(25)3)34-12-5-4-6-23(34)24(35)11-13-40(37,38)21-10-8-18-15-20(29)9-7-19(18)16-21/h7-10,14-16,23,26,36H,4-6,11-13H2,1-3H3,(H,31,32). The van der Waals surface area contributed by atoms with Crippen LogP contribution in [0.1, 0.15) is 48.9 Å². The van der Waals surface area contributed by atoms with Gasteiger partial charge in [-0.15, -0.1) is 0 Å². The molecule has 5 rings (SSSR count). The number of hydrogen-bond acceptors (Lipinski definition) is 8. The molecule has 2 aromatic carbocycles. The van der Waals surface area contributed by atoms with Gasteiger partial charge in [-0.3, -0.25) is 14.9 Å². The third-order valence-corrected chi connectivity index (χ3v) is 10.6. The number of aliphatic hydroxyl groups excluding tert-OH is 1. The highest BCUT2D eigenvalue weighted by atomic mass is 35.5. The molecule has 1 saturated heterocycles. The minimum Gasteiger partial charge on any atom is -0.380 e. The van der Waals surface area contributed by atoms with Crippen LogP contribution >= 0.6 is 22.9 Å². The molecule has 1 fully saturated rings. The van der Waals surface area contributed by atoms with Gasteiger partial charge in [-0.2, -0.15) is 5.10 Å². The molecule has 2 unspecified atom stereocenters. The summed E-state index contributed by atoms with van der Waals surface area (Å²) in [5.41, 5.74) is 1.93. The Morgan fingerprint density at radius 1 is 1.23 bits per heavy atom. The van der Waals surface area contributed by atoms with E-state index in [1.807, 2.05) is 23.4 Å². The number of Topliss-reactive ketones (excluding diaryl/α,β-unsaturated/α-hetero) is 1. The van der Waals surface area contributed by atoms with Gasteiger partial charge in [0.25, 0.3) is 0 Å². The van der Waals surface area contributed by atoms with Crippen LogP contribution in [0.4, 0.5) is 5.00 Å². The van der Waals surface area contributed by atoms with Crippen molar-refractivity contribution >= 4 is 54.3 Å². The zero-order valence-electron chi connectivity index (χ0n) is 22.6. The van der Waals surface area contributed by atoms with E-state index >= 15 is 0 Å². The number of sulfone groups is 1. The fourth-order valence-corrected chi connectivity index (χ4v) is 7.95. The van der Waals surface area contributed by atoms with Gasteiger partial charge in [-0.05, 0) is 67.3 Å². The number of ketones is 1. The molecule has 12 heteroatoms. The molecule has 2 atom stereocenters. The Hall–Kier alpha value is -2.99. The molecule has 9 nitrogen and oxygen atoms in total. The summed E-state index contributed by atoms with van der Waals surface area (Å²) in [6.45, 7) is 2.49. The SMILES string of the molecule is CN=c1sc(N2CCCCC2C(=O)CCS(=O)(=O)c2ccc3cc(Cl)ccc3c2)c(C(O)c2cc(C)[nH]n2)n1C. The number of carbonyl (C=O) groups excluding carboxylic acids is 1. The molecule has 2 aromatic heterocycles. The van der Waals surface area contributed by atoms with Crippen LogP contribution in [0.5, 0.6) is 0 Å². The van der Waals surface area contributed by atoms with E-state index in [-0.39, 0.29) is 22.9 Å². The van der Waals surface area contributed by atoms with E-state index in [1.165, 1.54) is 11.3 Å². The number of anilines is 1. The van der Waals surface area contributed by atoms with E-state index in [0.717, 1.165) is 34.3 Å². The minimum absolute atomic E-state index is 0.0961. The second-order valence-corrected chi connectivity index (χ2v) is 13.6. The van der Waals surface area contributed by atoms with E-state index in [9.17, 15) is 18.3 Å². The van der Waals surface area contributed by atoms with E-state index in [1.54, 1.807) is 49.5 Å². The minimum atomic E-state index is -3.68. The number of carbonyl (C=O) groups is 1. The number of nitrogens with one attached hydrogen (secondary N) is 1. The zero-order valence-corrected chi connectivity index (χ0v) is 25.0. The Morgan fingerprint density at radius 2 is 1.98 bits per heavy atom. The van der Waals surface area contributed by atoms with Crippen molar-refractivity contribution in [2.45, 2.75) is 49.6 Å². The predicted octanol–water partition coefficient (Wildman–Crippen LogP) is 4.33. The van der Waals surface area contributed by atoms with Crippen molar-refractivity contribution < 1.29 is 18.3 Å². The summed E-state index contributed by atoms with van der Waals surface area (Å²) in [7, 11) is -0.152. The maximum absolute atomic E-state index is 13.6. The summed E-state index contributed by atoms with van der Waals surface area (Å²) < 4.78 is 28.3. The first-order valence-corrected chi connectivity index (χ1v) is 16.0. The number of halogens is 1. The van der Waals surface area contributed by atoms with Gasteiger partial charge < -0.3 is 14.6 Å². The highest BCUT2D eigenvalue weighted by Gasteiger charge is 2.34. The first-order valence-electron chi connectivity index (χ1n) is 13.1. The molecule has 1 aliphatic rings. The third-order valence-electron chi connectivity index (χ3n) is 7.40. The van der Waals surface area contributed by atoms with Crippen LogP contribution in [0, 0.1) is 6.92 Å².